The van der Waals surface area contributed by atoms with Gasteiger partial charge in [-0.2, -0.15) is 0 Å². The lowest BCUT2D eigenvalue weighted by Gasteiger charge is -2.13. The number of rotatable bonds is 5. The summed E-state index contributed by atoms with van der Waals surface area (Å²) in [6.45, 7) is 1.94. The Labute approximate surface area is 105 Å². The number of benzene rings is 1. The molecule has 5 heteroatoms. The molecule has 0 radical (unpaired) electrons. The average molecular weight is 257 g/mol. The molecular weight excluding hydrogens is 240 g/mol. The number of unbranched alkanes of at least 4 members (excludes halogenated alkanes) is 1. The molecule has 0 fully saturated rings. The lowest BCUT2D eigenvalue weighted by atomic mass is 10.0. The predicted molar refractivity (Wildman–Crippen MR) is 64.1 cm³/mol. The van der Waals surface area contributed by atoms with Crippen LogP contribution in [0.1, 0.15) is 35.7 Å². The maximum atomic E-state index is 13.7. The van der Waals surface area contributed by atoms with Crippen molar-refractivity contribution in [2.45, 2.75) is 26.2 Å². The van der Waals surface area contributed by atoms with E-state index in [2.05, 4.69) is 0 Å². The molecule has 100 valence electrons. The number of carbonyl (C=O) groups is 1. The van der Waals surface area contributed by atoms with E-state index in [9.17, 15) is 13.6 Å². The van der Waals surface area contributed by atoms with Crippen LogP contribution in [0.3, 0.4) is 0 Å². The molecule has 0 atom stereocenters. The second-order valence-electron chi connectivity index (χ2n) is 4.18. The Morgan fingerprint density at radius 3 is 2.56 bits per heavy atom. The molecule has 1 aromatic carbocycles. The zero-order valence-corrected chi connectivity index (χ0v) is 10.8. The normalized spacial score (nSPS) is 10.8. The zero-order valence-electron chi connectivity index (χ0n) is 10.8. The number of halogens is 2. The first kappa shape index (κ1) is 14.6. The van der Waals surface area contributed by atoms with E-state index in [0.717, 1.165) is 12.5 Å². The van der Waals surface area contributed by atoms with Crippen molar-refractivity contribution in [2.24, 2.45) is 0 Å². The fraction of sp³-hybridized carbons (Fsp3) is 0.462. The third-order valence-electron chi connectivity index (χ3n) is 2.46. The highest BCUT2D eigenvalue weighted by atomic mass is 19.2. The maximum absolute atomic E-state index is 13.7. The lowest BCUT2D eigenvalue weighted by Crippen LogP contribution is -2.20. The Kier molecular flexibility index (Phi) is 5.22. The van der Waals surface area contributed by atoms with Crippen LogP contribution in [0.4, 0.5) is 8.78 Å². The van der Waals surface area contributed by atoms with Gasteiger partial charge in [-0.25, -0.2) is 13.6 Å². The SMILES string of the molecule is CCCCc1c(C(=O)ON(C)C)ccc(F)c1F. The van der Waals surface area contributed by atoms with Gasteiger partial charge in [0.25, 0.3) is 0 Å². The quantitative estimate of drug-likeness (QED) is 0.759. The molecule has 0 aliphatic carbocycles. The zero-order chi connectivity index (χ0) is 13.7. The number of hydroxylamine groups is 2. The molecule has 0 aromatic heterocycles. The van der Waals surface area contributed by atoms with Crippen molar-refractivity contribution in [2.75, 3.05) is 14.1 Å². The molecule has 0 heterocycles. The van der Waals surface area contributed by atoms with Crippen LogP contribution in [0.25, 0.3) is 0 Å². The van der Waals surface area contributed by atoms with Crippen molar-refractivity contribution < 1.29 is 18.4 Å². The van der Waals surface area contributed by atoms with Crippen molar-refractivity contribution in [3.05, 3.63) is 34.9 Å². The molecule has 0 aliphatic rings. The lowest BCUT2D eigenvalue weighted by molar-refractivity contribution is -0.0714. The highest BCUT2D eigenvalue weighted by molar-refractivity contribution is 5.91. The van der Waals surface area contributed by atoms with E-state index in [-0.39, 0.29) is 11.1 Å². The van der Waals surface area contributed by atoms with Gasteiger partial charge in [0.1, 0.15) is 0 Å². The van der Waals surface area contributed by atoms with Gasteiger partial charge in [0.2, 0.25) is 0 Å². The van der Waals surface area contributed by atoms with Gasteiger partial charge in [0.15, 0.2) is 11.6 Å². The van der Waals surface area contributed by atoms with E-state index >= 15 is 0 Å². The summed E-state index contributed by atoms with van der Waals surface area (Å²) in [6, 6.07) is 2.20. The van der Waals surface area contributed by atoms with Gasteiger partial charge in [-0.05, 0) is 25.0 Å². The van der Waals surface area contributed by atoms with Crippen LogP contribution in [0.5, 0.6) is 0 Å². The van der Waals surface area contributed by atoms with Crippen molar-refractivity contribution in [1.82, 2.24) is 5.06 Å². The van der Waals surface area contributed by atoms with E-state index in [0.29, 0.717) is 12.8 Å². The maximum Gasteiger partial charge on any atom is 0.357 e. The second-order valence-corrected chi connectivity index (χ2v) is 4.18. The molecule has 0 spiro atoms. The fourth-order valence-electron chi connectivity index (χ4n) is 1.60. The van der Waals surface area contributed by atoms with Gasteiger partial charge in [0, 0.05) is 19.7 Å². The summed E-state index contributed by atoms with van der Waals surface area (Å²) in [6.07, 6.45) is 1.83. The molecule has 1 rings (SSSR count). The summed E-state index contributed by atoms with van der Waals surface area (Å²) in [5.41, 5.74) is 0.166. The topological polar surface area (TPSA) is 29.5 Å². The van der Waals surface area contributed by atoms with Crippen LogP contribution in [0.15, 0.2) is 12.1 Å². The summed E-state index contributed by atoms with van der Waals surface area (Å²) in [5.74, 6) is -2.58. The van der Waals surface area contributed by atoms with Gasteiger partial charge in [-0.15, -0.1) is 5.06 Å². The molecule has 0 unspecified atom stereocenters. The van der Waals surface area contributed by atoms with Crippen molar-refractivity contribution in [3.8, 4) is 0 Å². The van der Waals surface area contributed by atoms with Crippen molar-refractivity contribution in [3.63, 3.8) is 0 Å². The molecule has 1 aromatic rings. The van der Waals surface area contributed by atoms with E-state index in [1.807, 2.05) is 6.92 Å². The van der Waals surface area contributed by atoms with E-state index < -0.39 is 17.6 Å². The van der Waals surface area contributed by atoms with Gasteiger partial charge < -0.3 is 4.84 Å². The van der Waals surface area contributed by atoms with Gasteiger partial charge >= 0.3 is 5.97 Å². The van der Waals surface area contributed by atoms with E-state index in [1.54, 1.807) is 14.1 Å². The Balaban J connectivity index is 3.09. The second kappa shape index (κ2) is 6.44. The summed E-state index contributed by atoms with van der Waals surface area (Å²) < 4.78 is 26.9. The highest BCUT2D eigenvalue weighted by Crippen LogP contribution is 2.20. The molecule has 0 bridgehead atoms. The van der Waals surface area contributed by atoms with Gasteiger partial charge in [-0.1, -0.05) is 13.3 Å². The molecule has 0 amide bonds. The molecule has 0 saturated carbocycles. The minimum Gasteiger partial charge on any atom is -0.364 e. The van der Waals surface area contributed by atoms with Gasteiger partial charge in [-0.3, -0.25) is 0 Å². The minimum absolute atomic E-state index is 0.0797. The number of carbonyl (C=O) groups excluding carboxylic acids is 1. The molecule has 0 saturated heterocycles. The summed E-state index contributed by atoms with van der Waals surface area (Å²) in [5, 5.41) is 1.22. The molecule has 0 N–H and O–H groups in total. The first-order valence-electron chi connectivity index (χ1n) is 5.83. The minimum atomic E-state index is -0.961. The monoisotopic (exact) mass is 257 g/mol. The van der Waals surface area contributed by atoms with Gasteiger partial charge in [0.05, 0.1) is 5.56 Å². The highest BCUT2D eigenvalue weighted by Gasteiger charge is 2.19. The van der Waals surface area contributed by atoms with Crippen molar-refractivity contribution in [1.29, 1.82) is 0 Å². The largest absolute Gasteiger partial charge is 0.364 e. The van der Waals surface area contributed by atoms with E-state index in [1.165, 1.54) is 11.1 Å². The Hall–Kier alpha value is -1.49. The summed E-state index contributed by atoms with van der Waals surface area (Å²) in [4.78, 5) is 16.6. The smallest absolute Gasteiger partial charge is 0.357 e. The van der Waals surface area contributed by atoms with E-state index in [4.69, 9.17) is 4.84 Å². The predicted octanol–water partition coefficient (Wildman–Crippen LogP) is 2.94. The Morgan fingerprint density at radius 2 is 2.00 bits per heavy atom. The molecular formula is C13H17F2NO2. The van der Waals surface area contributed by atoms with Crippen LogP contribution in [0, 0.1) is 11.6 Å². The van der Waals surface area contributed by atoms with Crippen LogP contribution < -0.4 is 0 Å². The molecule has 0 aliphatic heterocycles. The summed E-state index contributed by atoms with van der Waals surface area (Å²) in [7, 11) is 3.09. The average Bonchev–Trinajstić information content (AvgIpc) is 2.30. The Morgan fingerprint density at radius 1 is 1.33 bits per heavy atom. The van der Waals surface area contributed by atoms with Crippen LogP contribution >= 0.6 is 0 Å². The van der Waals surface area contributed by atoms with Crippen LogP contribution in [0.2, 0.25) is 0 Å². The molecule has 18 heavy (non-hydrogen) atoms. The Bertz CT molecular complexity index is 433. The molecule has 3 nitrogen and oxygen atoms in total. The number of hydrogen-bond acceptors (Lipinski definition) is 3. The summed E-state index contributed by atoms with van der Waals surface area (Å²) >= 11 is 0. The van der Waals surface area contributed by atoms with Crippen LogP contribution in [-0.4, -0.2) is 25.1 Å². The van der Waals surface area contributed by atoms with Crippen molar-refractivity contribution >= 4 is 5.97 Å². The number of hydrogen-bond donors (Lipinski definition) is 0. The first-order chi connectivity index (χ1) is 8.47. The van der Waals surface area contributed by atoms with Crippen LogP contribution in [-0.2, 0) is 11.3 Å². The third kappa shape index (κ3) is 3.50. The standard InChI is InChI=1S/C13H17F2NO2/c1-4-5-6-9-10(13(17)18-16(2)3)7-8-11(14)12(9)15/h7-8H,4-6H2,1-3H3. The first-order valence-corrected chi connectivity index (χ1v) is 5.83. The third-order valence-corrected chi connectivity index (χ3v) is 2.46. The fourth-order valence-corrected chi connectivity index (χ4v) is 1.60. The number of nitrogens with zero attached hydrogens (tertiary/aromatic N) is 1.